The summed E-state index contributed by atoms with van der Waals surface area (Å²) in [6.45, 7) is 0.115. The van der Waals surface area contributed by atoms with Crippen molar-refractivity contribution in [2.45, 2.75) is 19.4 Å². The highest BCUT2D eigenvalue weighted by Crippen LogP contribution is 2.18. The van der Waals surface area contributed by atoms with Gasteiger partial charge >= 0.3 is 0 Å². The molecule has 2 nitrogen and oxygen atoms in total. The van der Waals surface area contributed by atoms with Crippen LogP contribution in [0.15, 0.2) is 48.5 Å². The van der Waals surface area contributed by atoms with Gasteiger partial charge in [0, 0.05) is 12.7 Å². The Kier molecular flexibility index (Phi) is 4.37. The average molecular weight is 241 g/mol. The molecule has 0 amide bonds. The molecular weight excluding hydrogens is 222 g/mol. The molecule has 0 aliphatic carbocycles. The van der Waals surface area contributed by atoms with Crippen molar-refractivity contribution in [2.24, 2.45) is 0 Å². The Morgan fingerprint density at radius 3 is 2.06 bits per heavy atom. The van der Waals surface area contributed by atoms with E-state index in [9.17, 15) is 5.11 Å². The van der Waals surface area contributed by atoms with Crippen LogP contribution in [-0.2, 0) is 19.4 Å². The van der Waals surface area contributed by atoms with Crippen LogP contribution in [0.2, 0.25) is 0 Å². The van der Waals surface area contributed by atoms with E-state index >= 15 is 0 Å². The van der Waals surface area contributed by atoms with Gasteiger partial charge in [-0.15, -0.1) is 0 Å². The lowest BCUT2D eigenvalue weighted by Gasteiger charge is -2.10. The first-order chi connectivity index (χ1) is 8.85. The monoisotopic (exact) mass is 241 g/mol. The predicted octanol–water partition coefficient (Wildman–Crippen LogP) is 3.01. The molecule has 0 unspecified atom stereocenters. The van der Waals surface area contributed by atoms with Crippen LogP contribution in [0.1, 0.15) is 16.7 Å². The lowest BCUT2D eigenvalue weighted by Crippen LogP contribution is -2.00. The molecule has 0 saturated heterocycles. The first kappa shape index (κ1) is 12.7. The maximum absolute atomic E-state index is 9.30. The summed E-state index contributed by atoms with van der Waals surface area (Å²) in [7, 11) is 1.94. The normalized spacial score (nSPS) is 10.3. The predicted molar refractivity (Wildman–Crippen MR) is 75.8 cm³/mol. The summed E-state index contributed by atoms with van der Waals surface area (Å²) in [5.41, 5.74) is 4.75. The molecule has 0 aliphatic heterocycles. The van der Waals surface area contributed by atoms with E-state index in [0.29, 0.717) is 0 Å². The summed E-state index contributed by atoms with van der Waals surface area (Å²) in [6.07, 6.45) is 1.93. The largest absolute Gasteiger partial charge is 0.392 e. The van der Waals surface area contributed by atoms with Gasteiger partial charge < -0.3 is 10.4 Å². The van der Waals surface area contributed by atoms with Crippen LogP contribution in [0.25, 0.3) is 0 Å². The first-order valence-corrected chi connectivity index (χ1v) is 6.28. The second kappa shape index (κ2) is 6.22. The first-order valence-electron chi connectivity index (χ1n) is 6.28. The van der Waals surface area contributed by atoms with Crippen LogP contribution >= 0.6 is 0 Å². The number of benzene rings is 2. The van der Waals surface area contributed by atoms with E-state index in [1.54, 1.807) is 0 Å². The molecule has 2 aromatic carbocycles. The van der Waals surface area contributed by atoms with Crippen LogP contribution < -0.4 is 5.32 Å². The Balaban J connectivity index is 2.11. The van der Waals surface area contributed by atoms with Gasteiger partial charge in [0.1, 0.15) is 0 Å². The van der Waals surface area contributed by atoms with Gasteiger partial charge in [0.15, 0.2) is 0 Å². The number of hydrogen-bond acceptors (Lipinski definition) is 2. The third-order valence-corrected chi connectivity index (χ3v) is 3.24. The molecule has 0 fully saturated rings. The van der Waals surface area contributed by atoms with Gasteiger partial charge in [-0.1, -0.05) is 42.5 Å². The summed E-state index contributed by atoms with van der Waals surface area (Å²) < 4.78 is 0. The van der Waals surface area contributed by atoms with E-state index in [-0.39, 0.29) is 6.61 Å². The fourth-order valence-corrected chi connectivity index (χ4v) is 2.21. The third kappa shape index (κ3) is 2.90. The number of anilines is 1. The maximum Gasteiger partial charge on any atom is 0.0684 e. The standard InChI is InChI=1S/C16H19NO/c1-17-16-9-5-4-7-14(16)11-10-13-6-2-3-8-15(13)12-18/h2-9,17-18H,10-12H2,1H3. The minimum absolute atomic E-state index is 0.115. The summed E-state index contributed by atoms with van der Waals surface area (Å²) >= 11 is 0. The van der Waals surface area contributed by atoms with Gasteiger partial charge in [0.2, 0.25) is 0 Å². The van der Waals surface area contributed by atoms with Crippen molar-refractivity contribution in [2.75, 3.05) is 12.4 Å². The quantitative estimate of drug-likeness (QED) is 0.843. The van der Waals surface area contributed by atoms with Crippen molar-refractivity contribution in [3.05, 3.63) is 65.2 Å². The Labute approximate surface area is 108 Å². The lowest BCUT2D eigenvalue weighted by atomic mass is 9.99. The summed E-state index contributed by atoms with van der Waals surface area (Å²) in [5, 5.41) is 12.5. The molecule has 0 atom stereocenters. The molecule has 0 aromatic heterocycles. The smallest absolute Gasteiger partial charge is 0.0684 e. The lowest BCUT2D eigenvalue weighted by molar-refractivity contribution is 0.280. The molecule has 0 heterocycles. The third-order valence-electron chi connectivity index (χ3n) is 3.24. The molecule has 0 saturated carbocycles. The van der Waals surface area contributed by atoms with Gasteiger partial charge in [0.25, 0.3) is 0 Å². The van der Waals surface area contributed by atoms with E-state index in [0.717, 1.165) is 18.4 Å². The van der Waals surface area contributed by atoms with Gasteiger partial charge in [-0.2, -0.15) is 0 Å². The van der Waals surface area contributed by atoms with Gasteiger partial charge in [-0.3, -0.25) is 0 Å². The Hall–Kier alpha value is -1.80. The van der Waals surface area contributed by atoms with Crippen LogP contribution in [0.4, 0.5) is 5.69 Å². The molecule has 0 aliphatic rings. The molecule has 18 heavy (non-hydrogen) atoms. The number of aliphatic hydroxyl groups is 1. The number of aryl methyl sites for hydroxylation is 2. The molecule has 94 valence electrons. The SMILES string of the molecule is CNc1ccccc1CCc1ccccc1CO. The van der Waals surface area contributed by atoms with Crippen molar-refractivity contribution in [1.82, 2.24) is 0 Å². The number of hydrogen-bond donors (Lipinski definition) is 2. The number of aliphatic hydroxyl groups excluding tert-OH is 1. The van der Waals surface area contributed by atoms with E-state index in [4.69, 9.17) is 0 Å². The molecule has 2 aromatic rings. The zero-order valence-electron chi connectivity index (χ0n) is 10.7. The zero-order chi connectivity index (χ0) is 12.8. The molecule has 2 heteroatoms. The Bertz CT molecular complexity index is 460. The molecule has 0 radical (unpaired) electrons. The summed E-state index contributed by atoms with van der Waals surface area (Å²) in [4.78, 5) is 0. The van der Waals surface area contributed by atoms with Gasteiger partial charge in [-0.25, -0.2) is 0 Å². The second-order valence-electron chi connectivity index (χ2n) is 4.33. The average Bonchev–Trinajstić information content (AvgIpc) is 2.45. The highest BCUT2D eigenvalue weighted by Gasteiger charge is 2.03. The molecule has 0 spiro atoms. The van der Waals surface area contributed by atoms with Crippen molar-refractivity contribution in [1.29, 1.82) is 0 Å². The Morgan fingerprint density at radius 1 is 0.833 bits per heavy atom. The van der Waals surface area contributed by atoms with Crippen LogP contribution in [0.5, 0.6) is 0 Å². The number of nitrogens with one attached hydrogen (secondary N) is 1. The Morgan fingerprint density at radius 2 is 1.39 bits per heavy atom. The fourth-order valence-electron chi connectivity index (χ4n) is 2.21. The molecule has 0 bridgehead atoms. The van der Waals surface area contributed by atoms with Gasteiger partial charge in [-0.05, 0) is 35.6 Å². The molecule has 2 rings (SSSR count). The molecule has 2 N–H and O–H groups in total. The van der Waals surface area contributed by atoms with E-state index in [2.05, 4.69) is 29.6 Å². The van der Waals surface area contributed by atoms with Crippen molar-refractivity contribution >= 4 is 5.69 Å². The minimum atomic E-state index is 0.115. The minimum Gasteiger partial charge on any atom is -0.392 e. The van der Waals surface area contributed by atoms with E-state index in [1.165, 1.54) is 16.8 Å². The van der Waals surface area contributed by atoms with E-state index < -0.39 is 0 Å². The van der Waals surface area contributed by atoms with Crippen LogP contribution in [0.3, 0.4) is 0 Å². The number of para-hydroxylation sites is 1. The second-order valence-corrected chi connectivity index (χ2v) is 4.33. The fraction of sp³-hybridized carbons (Fsp3) is 0.250. The van der Waals surface area contributed by atoms with Crippen molar-refractivity contribution in [3.8, 4) is 0 Å². The maximum atomic E-state index is 9.30. The summed E-state index contributed by atoms with van der Waals surface area (Å²) in [6, 6.07) is 16.4. The topological polar surface area (TPSA) is 32.3 Å². The van der Waals surface area contributed by atoms with Crippen molar-refractivity contribution in [3.63, 3.8) is 0 Å². The van der Waals surface area contributed by atoms with Crippen molar-refractivity contribution < 1.29 is 5.11 Å². The highest BCUT2D eigenvalue weighted by molar-refractivity contribution is 5.50. The van der Waals surface area contributed by atoms with Crippen LogP contribution in [-0.4, -0.2) is 12.2 Å². The van der Waals surface area contributed by atoms with Gasteiger partial charge in [0.05, 0.1) is 6.61 Å². The zero-order valence-corrected chi connectivity index (χ0v) is 10.7. The highest BCUT2D eigenvalue weighted by atomic mass is 16.3. The van der Waals surface area contributed by atoms with E-state index in [1.807, 2.05) is 31.3 Å². The number of rotatable bonds is 5. The molecular formula is C16H19NO. The summed E-state index contributed by atoms with van der Waals surface area (Å²) in [5.74, 6) is 0. The van der Waals surface area contributed by atoms with Crippen LogP contribution in [0, 0.1) is 0 Å².